The molecule has 1 aromatic carbocycles. The molecule has 11 heteroatoms. The summed E-state index contributed by atoms with van der Waals surface area (Å²) in [5.74, 6) is -0.703. The van der Waals surface area contributed by atoms with Crippen molar-refractivity contribution in [1.82, 2.24) is 29.3 Å². The highest BCUT2D eigenvalue weighted by Crippen LogP contribution is 2.16. The molecule has 0 atom stereocenters. The number of rotatable bonds is 7. The summed E-state index contributed by atoms with van der Waals surface area (Å²) >= 11 is 1.09. The quantitative estimate of drug-likeness (QED) is 0.437. The number of benzene rings is 1. The van der Waals surface area contributed by atoms with Crippen LogP contribution in [0.2, 0.25) is 0 Å². The van der Waals surface area contributed by atoms with Gasteiger partial charge in [0.25, 0.3) is 5.56 Å². The summed E-state index contributed by atoms with van der Waals surface area (Å²) in [4.78, 5) is 38.2. The first-order chi connectivity index (χ1) is 13.4. The number of nitrogens with two attached hydrogens (primary N) is 1. The van der Waals surface area contributed by atoms with Gasteiger partial charge in [-0.3, -0.25) is 18.7 Å². The maximum Gasteiger partial charge on any atom is 0.332 e. The van der Waals surface area contributed by atoms with Crippen LogP contribution in [0.5, 0.6) is 0 Å². The van der Waals surface area contributed by atoms with Crippen molar-refractivity contribution >= 4 is 23.4 Å². The van der Waals surface area contributed by atoms with E-state index in [4.69, 9.17) is 5.73 Å². The number of thioether (sulfide) groups is 1. The molecule has 0 fully saturated rings. The van der Waals surface area contributed by atoms with Gasteiger partial charge in [-0.2, -0.15) is 0 Å². The Hall–Kier alpha value is -3.21. The topological polar surface area (TPSA) is 131 Å². The third-order valence-corrected chi connectivity index (χ3v) is 5.17. The van der Waals surface area contributed by atoms with E-state index in [9.17, 15) is 14.4 Å². The Balaban J connectivity index is 2.01. The first kappa shape index (κ1) is 19.5. The van der Waals surface area contributed by atoms with Gasteiger partial charge < -0.3 is 5.73 Å². The highest BCUT2D eigenvalue weighted by molar-refractivity contribution is 7.99. The van der Waals surface area contributed by atoms with Crippen LogP contribution < -0.4 is 17.0 Å². The molecule has 0 saturated heterocycles. The fourth-order valence-corrected chi connectivity index (χ4v) is 3.44. The van der Waals surface area contributed by atoms with E-state index < -0.39 is 17.0 Å². The van der Waals surface area contributed by atoms with Gasteiger partial charge in [0.05, 0.1) is 12.3 Å². The van der Waals surface area contributed by atoms with Crippen LogP contribution >= 0.6 is 11.8 Å². The molecule has 0 aliphatic carbocycles. The summed E-state index contributed by atoms with van der Waals surface area (Å²) in [6, 6.07) is 9.21. The molecule has 146 valence electrons. The van der Waals surface area contributed by atoms with Crippen molar-refractivity contribution in [2.75, 3.05) is 11.5 Å². The van der Waals surface area contributed by atoms with Crippen LogP contribution in [0, 0.1) is 0 Å². The lowest BCUT2D eigenvalue weighted by Crippen LogP contribution is -2.44. The molecule has 28 heavy (non-hydrogen) atoms. The van der Waals surface area contributed by atoms with Crippen LogP contribution in [0.25, 0.3) is 0 Å². The minimum atomic E-state index is -0.684. The third-order valence-electron chi connectivity index (χ3n) is 4.16. The zero-order valence-electron chi connectivity index (χ0n) is 15.4. The number of nitrogens with zero attached hydrogens (tertiary/aromatic N) is 6. The van der Waals surface area contributed by atoms with Crippen molar-refractivity contribution in [2.45, 2.75) is 25.2 Å². The number of nitrogen functional groups attached to an aromatic ring is 1. The number of hydrogen-bond donors (Lipinski definition) is 1. The van der Waals surface area contributed by atoms with E-state index >= 15 is 0 Å². The molecule has 0 amide bonds. The summed E-state index contributed by atoms with van der Waals surface area (Å²) in [5, 5.41) is 11.4. The maximum absolute atomic E-state index is 12.8. The normalized spacial score (nSPS) is 10.9. The van der Waals surface area contributed by atoms with Gasteiger partial charge in [-0.1, -0.05) is 42.1 Å². The Labute approximate surface area is 164 Å². The molecule has 0 radical (unpaired) electrons. The second kappa shape index (κ2) is 8.21. The van der Waals surface area contributed by atoms with Crippen molar-refractivity contribution in [1.29, 1.82) is 0 Å². The van der Waals surface area contributed by atoms with E-state index in [1.807, 2.05) is 30.3 Å². The minimum Gasteiger partial charge on any atom is -0.384 e. The van der Waals surface area contributed by atoms with Gasteiger partial charge in [0.1, 0.15) is 11.4 Å². The number of aryl methyl sites for hydroxylation is 1. The Kier molecular flexibility index (Phi) is 5.73. The van der Waals surface area contributed by atoms with Crippen LogP contribution in [-0.2, 0) is 20.1 Å². The molecule has 2 N–H and O–H groups in total. The number of aromatic nitrogens is 6. The zero-order chi connectivity index (χ0) is 20.3. The van der Waals surface area contributed by atoms with E-state index in [2.05, 4.69) is 15.5 Å². The summed E-state index contributed by atoms with van der Waals surface area (Å²) in [5.41, 5.74) is 5.51. The molecule has 0 aliphatic heterocycles. The Bertz CT molecular complexity index is 1120. The summed E-state index contributed by atoms with van der Waals surface area (Å²) in [6.07, 6.45) is 0. The molecule has 3 rings (SSSR count). The second-order valence-electron chi connectivity index (χ2n) is 5.96. The molecule has 2 heterocycles. The number of Topliss-reactive ketones (excluding diaryl/α,β-unsaturated/α-hetero) is 1. The van der Waals surface area contributed by atoms with Crippen LogP contribution in [0.4, 0.5) is 5.82 Å². The number of ketones is 1. The summed E-state index contributed by atoms with van der Waals surface area (Å²) in [7, 11) is 1.64. The Morgan fingerprint density at radius 1 is 1.18 bits per heavy atom. The zero-order valence-corrected chi connectivity index (χ0v) is 16.2. The van der Waals surface area contributed by atoms with Crippen molar-refractivity contribution in [2.24, 2.45) is 7.05 Å². The average molecular weight is 401 g/mol. The molecule has 0 aliphatic rings. The van der Waals surface area contributed by atoms with Crippen LogP contribution in [-0.4, -0.2) is 40.9 Å². The molecule has 0 unspecified atom stereocenters. The van der Waals surface area contributed by atoms with Gasteiger partial charge in [0, 0.05) is 13.6 Å². The van der Waals surface area contributed by atoms with Gasteiger partial charge in [-0.25, -0.2) is 9.48 Å². The lowest BCUT2D eigenvalue weighted by molar-refractivity contribution is 0.102. The van der Waals surface area contributed by atoms with Gasteiger partial charge in [0.15, 0.2) is 5.78 Å². The van der Waals surface area contributed by atoms with E-state index in [1.54, 1.807) is 14.0 Å². The Morgan fingerprint density at radius 2 is 1.89 bits per heavy atom. The SMILES string of the molecule is CCn1c(=O)c(C(=O)CSc2nnnn2C)c(N)n(Cc2ccccc2)c1=O. The molecule has 0 saturated carbocycles. The van der Waals surface area contributed by atoms with Crippen LogP contribution in [0.3, 0.4) is 0 Å². The number of carbonyl (C=O) groups is 1. The predicted molar refractivity (Wildman–Crippen MR) is 104 cm³/mol. The van der Waals surface area contributed by atoms with Gasteiger partial charge >= 0.3 is 5.69 Å². The first-order valence-corrected chi connectivity index (χ1v) is 9.48. The van der Waals surface area contributed by atoms with Crippen molar-refractivity contribution in [3.8, 4) is 0 Å². The second-order valence-corrected chi connectivity index (χ2v) is 6.90. The number of tetrazole rings is 1. The van der Waals surface area contributed by atoms with E-state index in [-0.39, 0.29) is 30.2 Å². The number of carbonyl (C=O) groups excluding carboxylic acids is 1. The average Bonchev–Trinajstić information content (AvgIpc) is 3.09. The molecule has 3 aromatic rings. The minimum absolute atomic E-state index is 0.0824. The lowest BCUT2D eigenvalue weighted by atomic mass is 10.2. The summed E-state index contributed by atoms with van der Waals surface area (Å²) in [6.45, 7) is 1.96. The summed E-state index contributed by atoms with van der Waals surface area (Å²) < 4.78 is 3.69. The highest BCUT2D eigenvalue weighted by atomic mass is 32.2. The molecule has 2 aromatic heterocycles. The van der Waals surface area contributed by atoms with Gasteiger partial charge in [-0.15, -0.1) is 5.10 Å². The van der Waals surface area contributed by atoms with E-state index in [0.29, 0.717) is 5.16 Å². The standard InChI is InChI=1S/C17H19N7O3S/c1-3-23-15(26)13(12(25)10-28-16-19-20-21-22(16)2)14(18)24(17(23)27)9-11-7-5-4-6-8-11/h4-8H,3,9-10,18H2,1-2H3. The van der Waals surface area contributed by atoms with Crippen molar-refractivity contribution in [3.63, 3.8) is 0 Å². The van der Waals surface area contributed by atoms with Crippen LogP contribution in [0.1, 0.15) is 22.8 Å². The predicted octanol–water partition coefficient (Wildman–Crippen LogP) is 0.159. The van der Waals surface area contributed by atoms with Crippen molar-refractivity contribution < 1.29 is 4.79 Å². The largest absolute Gasteiger partial charge is 0.384 e. The molecule has 0 bridgehead atoms. The fourth-order valence-electron chi connectivity index (χ4n) is 2.72. The van der Waals surface area contributed by atoms with E-state index in [0.717, 1.165) is 21.9 Å². The van der Waals surface area contributed by atoms with Crippen molar-refractivity contribution in [3.05, 3.63) is 62.3 Å². The Morgan fingerprint density at radius 3 is 2.50 bits per heavy atom. The molecular weight excluding hydrogens is 382 g/mol. The number of anilines is 1. The first-order valence-electron chi connectivity index (χ1n) is 8.49. The monoisotopic (exact) mass is 401 g/mol. The molecule has 0 spiro atoms. The molecular formula is C17H19N7O3S. The van der Waals surface area contributed by atoms with Gasteiger partial charge in [0.2, 0.25) is 5.16 Å². The molecule has 10 nitrogen and oxygen atoms in total. The fraction of sp³-hybridized carbons (Fsp3) is 0.294. The van der Waals surface area contributed by atoms with Crippen LogP contribution in [0.15, 0.2) is 45.1 Å². The number of hydrogen-bond acceptors (Lipinski definition) is 8. The lowest BCUT2D eigenvalue weighted by Gasteiger charge is -2.15. The van der Waals surface area contributed by atoms with E-state index in [1.165, 1.54) is 9.25 Å². The maximum atomic E-state index is 12.8. The third kappa shape index (κ3) is 3.74. The smallest absolute Gasteiger partial charge is 0.332 e. The highest BCUT2D eigenvalue weighted by Gasteiger charge is 2.23. The van der Waals surface area contributed by atoms with Gasteiger partial charge in [-0.05, 0) is 22.9 Å².